The third kappa shape index (κ3) is 3.48. The van der Waals surface area contributed by atoms with Crippen molar-refractivity contribution in [1.82, 2.24) is 4.90 Å². The Bertz CT molecular complexity index is 1070. The molecule has 0 amide bonds. The van der Waals surface area contributed by atoms with Crippen LogP contribution in [0, 0.1) is 13.8 Å². The molecule has 0 radical (unpaired) electrons. The minimum Gasteiger partial charge on any atom is -0.493 e. The Hall–Kier alpha value is -2.78. The highest BCUT2D eigenvalue weighted by Crippen LogP contribution is 2.42. The first kappa shape index (κ1) is 19.2. The lowest BCUT2D eigenvalue weighted by molar-refractivity contribution is 0.160. The van der Waals surface area contributed by atoms with Gasteiger partial charge in [0.25, 0.3) is 0 Å². The molecule has 3 nitrogen and oxygen atoms in total. The molecule has 0 fully saturated rings. The maximum atomic E-state index is 6.16. The van der Waals surface area contributed by atoms with Gasteiger partial charge < -0.3 is 9.47 Å². The van der Waals surface area contributed by atoms with Crippen LogP contribution in [-0.2, 0) is 26.0 Å². The third-order valence-electron chi connectivity index (χ3n) is 6.73. The fourth-order valence-corrected chi connectivity index (χ4v) is 4.89. The van der Waals surface area contributed by atoms with Gasteiger partial charge in [-0.1, -0.05) is 42.5 Å². The van der Waals surface area contributed by atoms with E-state index in [-0.39, 0.29) is 0 Å². The average molecular weight is 400 g/mol. The minimum absolute atomic E-state index is 0.460. The quantitative estimate of drug-likeness (QED) is 0.574. The smallest absolute Gasteiger partial charge is 0.162 e. The normalized spacial score (nSPS) is 17.6. The summed E-state index contributed by atoms with van der Waals surface area (Å²) in [5.41, 5.74) is 9.74. The highest BCUT2D eigenvalue weighted by Gasteiger charge is 2.33. The summed E-state index contributed by atoms with van der Waals surface area (Å²) < 4.78 is 11.9. The number of rotatable bonds is 4. The van der Waals surface area contributed by atoms with Gasteiger partial charge in [-0.05, 0) is 77.8 Å². The molecule has 5 rings (SSSR count). The van der Waals surface area contributed by atoms with Crippen molar-refractivity contribution < 1.29 is 9.47 Å². The van der Waals surface area contributed by atoms with Crippen molar-refractivity contribution in [2.75, 3.05) is 13.7 Å². The number of ether oxygens (including phenoxy) is 2. The van der Waals surface area contributed by atoms with Crippen LogP contribution in [0.2, 0.25) is 0 Å². The Kier molecular flexibility index (Phi) is 5.00. The van der Waals surface area contributed by atoms with Crippen molar-refractivity contribution in [3.05, 3.63) is 93.5 Å². The van der Waals surface area contributed by atoms with E-state index in [1.807, 2.05) is 18.2 Å². The van der Waals surface area contributed by atoms with E-state index < -0.39 is 0 Å². The molecule has 0 bridgehead atoms. The maximum Gasteiger partial charge on any atom is 0.162 e. The van der Waals surface area contributed by atoms with Crippen LogP contribution in [0.15, 0.2) is 54.6 Å². The van der Waals surface area contributed by atoms with Crippen molar-refractivity contribution in [2.45, 2.75) is 45.9 Å². The van der Waals surface area contributed by atoms with Gasteiger partial charge in [-0.15, -0.1) is 0 Å². The highest BCUT2D eigenvalue weighted by atomic mass is 16.5. The van der Waals surface area contributed by atoms with Crippen LogP contribution in [0.3, 0.4) is 0 Å². The zero-order valence-corrected chi connectivity index (χ0v) is 18.1. The summed E-state index contributed by atoms with van der Waals surface area (Å²) in [5.74, 6) is 1.66. The number of hydrogen-bond donors (Lipinski definition) is 0. The molecule has 154 valence electrons. The molecule has 30 heavy (non-hydrogen) atoms. The molecule has 0 N–H and O–H groups in total. The fourth-order valence-electron chi connectivity index (χ4n) is 4.89. The van der Waals surface area contributed by atoms with Crippen LogP contribution in [0.5, 0.6) is 11.5 Å². The van der Waals surface area contributed by atoms with Gasteiger partial charge in [0.1, 0.15) is 6.61 Å². The predicted octanol–water partition coefficient (Wildman–Crippen LogP) is 5.55. The number of benzene rings is 3. The van der Waals surface area contributed by atoms with E-state index in [1.54, 1.807) is 7.11 Å². The van der Waals surface area contributed by atoms with Gasteiger partial charge in [-0.2, -0.15) is 0 Å². The second kappa shape index (κ2) is 7.81. The topological polar surface area (TPSA) is 21.7 Å². The van der Waals surface area contributed by atoms with E-state index in [2.05, 4.69) is 55.1 Å². The van der Waals surface area contributed by atoms with E-state index in [4.69, 9.17) is 9.47 Å². The molecule has 3 heteroatoms. The van der Waals surface area contributed by atoms with Crippen molar-refractivity contribution in [2.24, 2.45) is 0 Å². The predicted molar refractivity (Wildman–Crippen MR) is 120 cm³/mol. The molecule has 3 aromatic carbocycles. The molecular weight excluding hydrogens is 370 g/mol. The van der Waals surface area contributed by atoms with Gasteiger partial charge in [0.2, 0.25) is 0 Å². The molecule has 0 saturated carbocycles. The van der Waals surface area contributed by atoms with E-state index >= 15 is 0 Å². The van der Waals surface area contributed by atoms with Crippen LogP contribution in [-0.4, -0.2) is 18.6 Å². The zero-order valence-electron chi connectivity index (χ0n) is 18.1. The first-order chi connectivity index (χ1) is 14.6. The second-order valence-corrected chi connectivity index (χ2v) is 8.62. The van der Waals surface area contributed by atoms with E-state index in [9.17, 15) is 0 Å². The Balaban J connectivity index is 1.44. The number of fused-ring (bicyclic) bond motifs is 4. The Labute approximate surface area is 179 Å². The monoisotopic (exact) mass is 399 g/mol. The maximum absolute atomic E-state index is 6.16. The Morgan fingerprint density at radius 3 is 2.47 bits per heavy atom. The number of hydrogen-bond acceptors (Lipinski definition) is 3. The number of methoxy groups -OCH3 is 1. The molecule has 0 aliphatic carbocycles. The van der Waals surface area contributed by atoms with Gasteiger partial charge in [-0.3, -0.25) is 4.90 Å². The molecule has 0 aromatic heterocycles. The van der Waals surface area contributed by atoms with Gasteiger partial charge in [0.15, 0.2) is 11.5 Å². The van der Waals surface area contributed by atoms with Gasteiger partial charge >= 0.3 is 0 Å². The average Bonchev–Trinajstić information content (AvgIpc) is 2.77. The van der Waals surface area contributed by atoms with Crippen molar-refractivity contribution in [1.29, 1.82) is 0 Å². The van der Waals surface area contributed by atoms with Crippen molar-refractivity contribution in [3.8, 4) is 11.5 Å². The largest absolute Gasteiger partial charge is 0.493 e. The lowest BCUT2D eigenvalue weighted by Crippen LogP contribution is -2.39. The highest BCUT2D eigenvalue weighted by molar-refractivity contribution is 5.50. The summed E-state index contributed by atoms with van der Waals surface area (Å²) in [6, 6.07) is 20.0. The fraction of sp³-hybridized carbons (Fsp3) is 0.333. The van der Waals surface area contributed by atoms with Crippen LogP contribution in [0.25, 0.3) is 0 Å². The van der Waals surface area contributed by atoms with Crippen molar-refractivity contribution >= 4 is 0 Å². The van der Waals surface area contributed by atoms with E-state index in [1.165, 1.54) is 33.4 Å². The SMILES string of the molecule is COc1cc2c(cc1OCc1ccccc1)CN1CCc3cc(C)c(C)cc3[C@H]1C2. The van der Waals surface area contributed by atoms with Gasteiger partial charge in [-0.25, -0.2) is 0 Å². The van der Waals surface area contributed by atoms with E-state index in [0.29, 0.717) is 12.6 Å². The Morgan fingerprint density at radius 1 is 0.900 bits per heavy atom. The second-order valence-electron chi connectivity index (χ2n) is 8.62. The number of nitrogens with zero attached hydrogens (tertiary/aromatic N) is 1. The molecule has 2 aliphatic heterocycles. The Morgan fingerprint density at radius 2 is 1.67 bits per heavy atom. The third-order valence-corrected chi connectivity index (χ3v) is 6.73. The zero-order chi connectivity index (χ0) is 20.7. The molecule has 3 aromatic rings. The van der Waals surface area contributed by atoms with Crippen molar-refractivity contribution in [3.63, 3.8) is 0 Å². The molecule has 0 spiro atoms. The number of aryl methyl sites for hydroxylation is 2. The molecule has 0 unspecified atom stereocenters. The van der Waals surface area contributed by atoms with Crippen LogP contribution >= 0.6 is 0 Å². The minimum atomic E-state index is 0.460. The molecule has 2 aliphatic rings. The van der Waals surface area contributed by atoms with Crippen LogP contribution < -0.4 is 9.47 Å². The van der Waals surface area contributed by atoms with Crippen LogP contribution in [0.1, 0.15) is 45.0 Å². The summed E-state index contributed by atoms with van der Waals surface area (Å²) in [7, 11) is 1.73. The molecule has 0 saturated heterocycles. The van der Waals surface area contributed by atoms with Crippen LogP contribution in [0.4, 0.5) is 0 Å². The summed E-state index contributed by atoms with van der Waals surface area (Å²) in [6.07, 6.45) is 2.16. The summed E-state index contributed by atoms with van der Waals surface area (Å²) in [5, 5.41) is 0. The van der Waals surface area contributed by atoms with Gasteiger partial charge in [0.05, 0.1) is 7.11 Å². The standard InChI is InChI=1S/C27H29NO2/c1-18-11-21-9-10-28-16-23-15-27(30-17-20-7-5-4-6-8-20)26(29-3)14-22(23)13-25(28)24(21)12-19(18)2/h4-8,11-12,14-15,25H,9-10,13,16-17H2,1-3H3/t25-/m1/s1. The summed E-state index contributed by atoms with van der Waals surface area (Å²) in [6.45, 7) is 7.09. The lowest BCUT2D eigenvalue weighted by atomic mass is 9.82. The lowest BCUT2D eigenvalue weighted by Gasteiger charge is -2.42. The first-order valence-electron chi connectivity index (χ1n) is 10.8. The molecule has 1 atom stereocenters. The molecule has 2 heterocycles. The first-order valence-corrected chi connectivity index (χ1v) is 10.8. The summed E-state index contributed by atoms with van der Waals surface area (Å²) in [4.78, 5) is 2.63. The molecular formula is C27H29NO2. The van der Waals surface area contributed by atoms with Gasteiger partial charge in [0, 0.05) is 19.1 Å². The summed E-state index contributed by atoms with van der Waals surface area (Å²) >= 11 is 0. The van der Waals surface area contributed by atoms with E-state index in [0.717, 1.165) is 43.0 Å².